The zero-order valence-corrected chi connectivity index (χ0v) is 8.70. The first-order chi connectivity index (χ1) is 7.31. The molecule has 1 aliphatic carbocycles. The molecule has 15 heavy (non-hydrogen) atoms. The van der Waals surface area contributed by atoms with Crippen molar-refractivity contribution >= 4 is 5.78 Å². The van der Waals surface area contributed by atoms with Crippen molar-refractivity contribution in [3.05, 3.63) is 35.9 Å². The van der Waals surface area contributed by atoms with Gasteiger partial charge in [-0.3, -0.25) is 4.79 Å². The van der Waals surface area contributed by atoms with E-state index in [1.54, 1.807) is 0 Å². The molecule has 1 heterocycles. The largest absolute Gasteiger partial charge is 0.315 e. The molecule has 0 aromatic heterocycles. The number of hydrogen-bond donors (Lipinski definition) is 1. The quantitative estimate of drug-likeness (QED) is 0.746. The Morgan fingerprint density at radius 1 is 1.27 bits per heavy atom. The second-order valence-corrected chi connectivity index (χ2v) is 4.77. The summed E-state index contributed by atoms with van der Waals surface area (Å²) in [6, 6.07) is 10.5. The van der Waals surface area contributed by atoms with Gasteiger partial charge < -0.3 is 5.32 Å². The van der Waals surface area contributed by atoms with Gasteiger partial charge >= 0.3 is 0 Å². The van der Waals surface area contributed by atoms with Gasteiger partial charge in [-0.15, -0.1) is 0 Å². The molecule has 1 aromatic carbocycles. The van der Waals surface area contributed by atoms with E-state index in [4.69, 9.17) is 0 Å². The monoisotopic (exact) mass is 201 g/mol. The minimum absolute atomic E-state index is 0.109. The molecule has 2 fully saturated rings. The van der Waals surface area contributed by atoms with Gasteiger partial charge in [0, 0.05) is 24.8 Å². The summed E-state index contributed by atoms with van der Waals surface area (Å²) in [5.41, 5.74) is 1.45. The maximum atomic E-state index is 11.6. The van der Waals surface area contributed by atoms with E-state index in [0.717, 1.165) is 25.9 Å². The molecule has 3 rings (SSSR count). The first kappa shape index (κ1) is 9.10. The summed E-state index contributed by atoms with van der Waals surface area (Å²) in [5, 5.41) is 3.43. The van der Waals surface area contributed by atoms with Gasteiger partial charge in [0.05, 0.1) is 0 Å². The third-order valence-electron chi connectivity index (χ3n) is 3.95. The van der Waals surface area contributed by atoms with Crippen molar-refractivity contribution in [1.29, 1.82) is 0 Å². The number of carbonyl (C=O) groups is 1. The van der Waals surface area contributed by atoms with Gasteiger partial charge in [0.1, 0.15) is 5.78 Å². The Labute approximate surface area is 89.7 Å². The summed E-state index contributed by atoms with van der Waals surface area (Å²) in [6.45, 7) is 1.97. The lowest BCUT2D eigenvalue weighted by Gasteiger charge is -2.27. The first-order valence-electron chi connectivity index (χ1n) is 5.59. The van der Waals surface area contributed by atoms with Crippen LogP contribution in [-0.4, -0.2) is 18.9 Å². The van der Waals surface area contributed by atoms with Crippen LogP contribution in [0.1, 0.15) is 18.4 Å². The average Bonchev–Trinajstić information content (AvgIpc) is 2.75. The van der Waals surface area contributed by atoms with Crippen LogP contribution in [0.2, 0.25) is 0 Å². The van der Waals surface area contributed by atoms with Gasteiger partial charge in [-0.1, -0.05) is 30.3 Å². The molecular weight excluding hydrogens is 186 g/mol. The lowest BCUT2D eigenvalue weighted by atomic mass is 9.75. The fourth-order valence-electron chi connectivity index (χ4n) is 3.19. The average molecular weight is 201 g/mol. The van der Waals surface area contributed by atoms with Crippen LogP contribution in [0.25, 0.3) is 0 Å². The van der Waals surface area contributed by atoms with Gasteiger partial charge in [0.25, 0.3) is 0 Å². The van der Waals surface area contributed by atoms with Crippen LogP contribution in [0, 0.1) is 5.92 Å². The highest BCUT2D eigenvalue weighted by Crippen LogP contribution is 2.45. The maximum Gasteiger partial charge on any atom is 0.134 e. The van der Waals surface area contributed by atoms with Crippen molar-refractivity contribution in [2.24, 2.45) is 5.92 Å². The number of rotatable bonds is 1. The second-order valence-electron chi connectivity index (χ2n) is 4.77. The standard InChI is InChI=1S/C13H15NO/c15-12-6-11-8-14-9-13(11,7-12)10-4-2-1-3-5-10/h1-5,11,14H,6-9H2/t11-,13+/m1/s1. The summed E-state index contributed by atoms with van der Waals surface area (Å²) in [4.78, 5) is 11.6. The lowest BCUT2D eigenvalue weighted by Crippen LogP contribution is -2.31. The SMILES string of the molecule is O=C1C[C@@H]2CNC[C@]2(c2ccccc2)C1. The van der Waals surface area contributed by atoms with Gasteiger partial charge in [0.2, 0.25) is 0 Å². The summed E-state index contributed by atoms with van der Waals surface area (Å²) >= 11 is 0. The Morgan fingerprint density at radius 3 is 2.87 bits per heavy atom. The lowest BCUT2D eigenvalue weighted by molar-refractivity contribution is -0.117. The number of ketones is 1. The highest BCUT2D eigenvalue weighted by Gasteiger charge is 2.50. The van der Waals surface area contributed by atoms with Crippen molar-refractivity contribution in [1.82, 2.24) is 5.32 Å². The second kappa shape index (κ2) is 3.17. The number of benzene rings is 1. The van der Waals surface area contributed by atoms with Crippen LogP contribution < -0.4 is 5.32 Å². The molecule has 0 unspecified atom stereocenters. The Kier molecular flexibility index (Phi) is 1.93. The molecule has 2 aliphatic rings. The predicted octanol–water partition coefficient (Wildman–Crippen LogP) is 1.51. The Bertz CT molecular complexity index is 387. The van der Waals surface area contributed by atoms with Crippen molar-refractivity contribution in [2.45, 2.75) is 18.3 Å². The molecule has 2 atom stereocenters. The van der Waals surface area contributed by atoms with Gasteiger partial charge in [-0.25, -0.2) is 0 Å². The molecule has 0 amide bonds. The first-order valence-corrected chi connectivity index (χ1v) is 5.59. The van der Waals surface area contributed by atoms with E-state index >= 15 is 0 Å². The predicted molar refractivity (Wildman–Crippen MR) is 58.7 cm³/mol. The number of Topliss-reactive ketones (excluding diaryl/α,β-unsaturated/α-hetero) is 1. The van der Waals surface area contributed by atoms with E-state index in [1.807, 2.05) is 6.07 Å². The molecule has 2 nitrogen and oxygen atoms in total. The topological polar surface area (TPSA) is 29.1 Å². The Morgan fingerprint density at radius 2 is 2.07 bits per heavy atom. The van der Waals surface area contributed by atoms with Crippen molar-refractivity contribution in [2.75, 3.05) is 13.1 Å². The molecule has 1 N–H and O–H groups in total. The van der Waals surface area contributed by atoms with Crippen LogP contribution in [0.3, 0.4) is 0 Å². The number of nitrogens with one attached hydrogen (secondary N) is 1. The zero-order valence-electron chi connectivity index (χ0n) is 8.70. The summed E-state index contributed by atoms with van der Waals surface area (Å²) in [5.74, 6) is 0.956. The fraction of sp³-hybridized carbons (Fsp3) is 0.462. The Balaban J connectivity index is 2.05. The van der Waals surface area contributed by atoms with E-state index in [9.17, 15) is 4.79 Å². The third kappa shape index (κ3) is 1.25. The normalized spacial score (nSPS) is 34.4. The smallest absolute Gasteiger partial charge is 0.134 e. The molecule has 0 bridgehead atoms. The molecule has 1 aromatic rings. The van der Waals surface area contributed by atoms with E-state index < -0.39 is 0 Å². The Hall–Kier alpha value is -1.15. The fourth-order valence-corrected chi connectivity index (χ4v) is 3.19. The van der Waals surface area contributed by atoms with Crippen LogP contribution in [0.15, 0.2) is 30.3 Å². The molecule has 2 heteroatoms. The molecule has 78 valence electrons. The van der Waals surface area contributed by atoms with Crippen molar-refractivity contribution in [3.8, 4) is 0 Å². The molecule has 0 spiro atoms. The van der Waals surface area contributed by atoms with E-state index in [2.05, 4.69) is 29.6 Å². The number of fused-ring (bicyclic) bond motifs is 1. The number of hydrogen-bond acceptors (Lipinski definition) is 2. The number of carbonyl (C=O) groups excluding carboxylic acids is 1. The van der Waals surface area contributed by atoms with Gasteiger partial charge in [-0.05, 0) is 18.0 Å². The zero-order chi connectivity index (χ0) is 10.3. The van der Waals surface area contributed by atoms with Crippen LogP contribution >= 0.6 is 0 Å². The van der Waals surface area contributed by atoms with Crippen molar-refractivity contribution in [3.63, 3.8) is 0 Å². The van der Waals surface area contributed by atoms with E-state index in [-0.39, 0.29) is 5.41 Å². The van der Waals surface area contributed by atoms with E-state index in [1.165, 1.54) is 5.56 Å². The maximum absolute atomic E-state index is 11.6. The summed E-state index contributed by atoms with van der Waals surface area (Å²) in [7, 11) is 0. The highest BCUT2D eigenvalue weighted by atomic mass is 16.1. The molecule has 1 saturated heterocycles. The van der Waals surface area contributed by atoms with Crippen LogP contribution in [0.5, 0.6) is 0 Å². The van der Waals surface area contributed by atoms with Gasteiger partial charge in [0.15, 0.2) is 0 Å². The molecular formula is C13H15NO. The minimum atomic E-state index is 0.109. The van der Waals surface area contributed by atoms with Gasteiger partial charge in [-0.2, -0.15) is 0 Å². The van der Waals surface area contributed by atoms with E-state index in [0.29, 0.717) is 11.7 Å². The van der Waals surface area contributed by atoms with Crippen LogP contribution in [0.4, 0.5) is 0 Å². The minimum Gasteiger partial charge on any atom is -0.315 e. The van der Waals surface area contributed by atoms with Crippen molar-refractivity contribution < 1.29 is 4.79 Å². The van der Waals surface area contributed by atoms with Crippen LogP contribution in [-0.2, 0) is 10.2 Å². The highest BCUT2D eigenvalue weighted by molar-refractivity contribution is 5.84. The molecule has 0 radical (unpaired) electrons. The third-order valence-corrected chi connectivity index (χ3v) is 3.95. The summed E-state index contributed by atoms with van der Waals surface area (Å²) in [6.07, 6.45) is 1.50. The molecule has 1 aliphatic heterocycles. The summed E-state index contributed by atoms with van der Waals surface area (Å²) < 4.78 is 0. The molecule has 1 saturated carbocycles.